The molecule has 3 unspecified atom stereocenters. The van der Waals surface area contributed by atoms with Crippen LogP contribution in [0.5, 0.6) is 0 Å². The van der Waals surface area contributed by atoms with Gasteiger partial charge in [-0.15, -0.1) is 0 Å². The SMILES string of the molecule is CN[C@@H]1[C@@H](O)[C@@H](O[C@H]2[C@H](NC(=O)C3(O)CC3NC(=N)N)C[C@H](N)C(O[C@@H]3CCC=C(CN)O3)[C@@H]2O)OC[C@]1(C)O. The predicted octanol–water partition coefficient (Wildman–Crippen LogP) is -4.64. The topological polar surface area (TPSA) is 273 Å². The number of aliphatic hydroxyl groups is 4. The molecule has 12 atom stereocenters. The zero-order chi connectivity index (χ0) is 29.4. The van der Waals surface area contributed by atoms with E-state index in [9.17, 15) is 25.2 Å². The molecule has 1 saturated heterocycles. The van der Waals surface area contributed by atoms with E-state index in [1.807, 2.05) is 6.08 Å². The Morgan fingerprint density at radius 3 is 2.60 bits per heavy atom. The van der Waals surface area contributed by atoms with E-state index in [1.54, 1.807) is 7.05 Å². The van der Waals surface area contributed by atoms with Gasteiger partial charge in [-0.25, -0.2) is 0 Å². The molecule has 14 N–H and O–H groups in total. The average Bonchev–Trinajstić information content (AvgIpc) is 3.55. The molecule has 228 valence electrons. The lowest BCUT2D eigenvalue weighted by molar-refractivity contribution is -0.303. The van der Waals surface area contributed by atoms with E-state index in [4.69, 9.17) is 41.6 Å². The molecule has 2 heterocycles. The summed E-state index contributed by atoms with van der Waals surface area (Å²) in [6.45, 7) is 1.52. The lowest BCUT2D eigenvalue weighted by Crippen LogP contribution is -2.69. The highest BCUT2D eigenvalue weighted by Crippen LogP contribution is 2.37. The summed E-state index contributed by atoms with van der Waals surface area (Å²) in [6, 6.07) is -3.29. The van der Waals surface area contributed by atoms with Gasteiger partial charge in [0.15, 0.2) is 24.1 Å². The first-order chi connectivity index (χ1) is 18.8. The van der Waals surface area contributed by atoms with Crippen LogP contribution in [-0.2, 0) is 23.7 Å². The van der Waals surface area contributed by atoms with Crippen LogP contribution in [0.3, 0.4) is 0 Å². The van der Waals surface area contributed by atoms with E-state index in [-0.39, 0.29) is 32.0 Å². The van der Waals surface area contributed by atoms with Gasteiger partial charge in [0.2, 0.25) is 0 Å². The fourth-order valence-electron chi connectivity index (χ4n) is 5.67. The maximum Gasteiger partial charge on any atom is 0.254 e. The number of hydrogen-bond donors (Lipinski definition) is 11. The number of amides is 1. The van der Waals surface area contributed by atoms with Crippen molar-refractivity contribution in [1.82, 2.24) is 16.0 Å². The molecular formula is C24H43N7O9. The summed E-state index contributed by atoms with van der Waals surface area (Å²) in [5.41, 5.74) is 14.2. The zero-order valence-electron chi connectivity index (χ0n) is 22.7. The van der Waals surface area contributed by atoms with Gasteiger partial charge in [0, 0.05) is 18.9 Å². The van der Waals surface area contributed by atoms with Crippen LogP contribution in [0.4, 0.5) is 0 Å². The Kier molecular flexibility index (Phi) is 9.26. The minimum absolute atomic E-state index is 0.0242. The van der Waals surface area contributed by atoms with E-state index in [1.165, 1.54) is 6.92 Å². The van der Waals surface area contributed by atoms with Gasteiger partial charge in [-0.05, 0) is 32.9 Å². The Morgan fingerprint density at radius 1 is 1.23 bits per heavy atom. The standard InChI is InChI=1S/C24H43N7O9/c1-23(35)9-37-20(16(33)19(23)29-2)40-18-12(30-21(34)24(36)7-13(24)31-22(27)28)6-11(26)17(15(18)32)39-14-5-3-4-10(8-25)38-14/h4,11-20,29,32-33,35-36H,3,5-9,25-26H2,1-2H3,(H,30,34)(H4,27,28,31)/t11-,12+,13?,14+,15-,16+,17?,18-,19+,20+,23-,24?/m0/s1. The van der Waals surface area contributed by atoms with Gasteiger partial charge in [-0.2, -0.15) is 0 Å². The maximum atomic E-state index is 13.1. The van der Waals surface area contributed by atoms with Crippen molar-refractivity contribution in [3.63, 3.8) is 0 Å². The number of allylic oxidation sites excluding steroid dienone is 1. The van der Waals surface area contributed by atoms with Crippen LogP contribution in [-0.4, -0.2) is 125 Å². The third-order valence-electron chi connectivity index (χ3n) is 7.99. The monoisotopic (exact) mass is 573 g/mol. The summed E-state index contributed by atoms with van der Waals surface area (Å²) in [7, 11) is 1.57. The molecule has 16 heteroatoms. The average molecular weight is 574 g/mol. The van der Waals surface area contributed by atoms with Crippen molar-refractivity contribution in [3.8, 4) is 0 Å². The molecule has 1 amide bonds. The number of nitrogens with two attached hydrogens (primary N) is 3. The van der Waals surface area contributed by atoms with Crippen LogP contribution in [0.15, 0.2) is 11.8 Å². The van der Waals surface area contributed by atoms with Crippen LogP contribution in [0, 0.1) is 5.41 Å². The van der Waals surface area contributed by atoms with E-state index in [0.29, 0.717) is 18.6 Å². The first-order valence-electron chi connectivity index (χ1n) is 13.4. The minimum Gasteiger partial charge on any atom is -0.468 e. The van der Waals surface area contributed by atoms with Crippen LogP contribution in [0.1, 0.15) is 32.6 Å². The number of aliphatic hydroxyl groups excluding tert-OH is 2. The summed E-state index contributed by atoms with van der Waals surface area (Å²) in [6.07, 6.45) is -3.84. The second kappa shape index (κ2) is 12.0. The van der Waals surface area contributed by atoms with Crippen molar-refractivity contribution in [1.29, 1.82) is 5.41 Å². The number of ether oxygens (including phenoxy) is 4. The van der Waals surface area contributed by atoms with E-state index in [0.717, 1.165) is 0 Å². The second-order valence-electron chi connectivity index (χ2n) is 11.2. The molecule has 0 aromatic carbocycles. The molecule has 3 fully saturated rings. The molecule has 2 aliphatic carbocycles. The van der Waals surface area contributed by atoms with E-state index < -0.39 is 78.3 Å². The number of carbonyl (C=O) groups is 1. The minimum atomic E-state index is -1.82. The second-order valence-corrected chi connectivity index (χ2v) is 11.2. The number of guanidine groups is 1. The highest BCUT2D eigenvalue weighted by Gasteiger charge is 2.61. The van der Waals surface area contributed by atoms with E-state index in [2.05, 4.69) is 16.0 Å². The lowest BCUT2D eigenvalue weighted by atomic mass is 9.83. The van der Waals surface area contributed by atoms with Gasteiger partial charge in [-0.3, -0.25) is 10.2 Å². The summed E-state index contributed by atoms with van der Waals surface area (Å²) >= 11 is 0. The van der Waals surface area contributed by atoms with Gasteiger partial charge in [-0.1, -0.05) is 0 Å². The van der Waals surface area contributed by atoms with Crippen LogP contribution >= 0.6 is 0 Å². The fourth-order valence-corrected chi connectivity index (χ4v) is 5.67. The van der Waals surface area contributed by atoms with Crippen LogP contribution in [0.2, 0.25) is 0 Å². The van der Waals surface area contributed by atoms with Gasteiger partial charge in [0.05, 0.1) is 31.3 Å². The predicted molar refractivity (Wildman–Crippen MR) is 139 cm³/mol. The maximum absolute atomic E-state index is 13.1. The van der Waals surface area contributed by atoms with Gasteiger partial charge < -0.3 is 72.5 Å². The molecule has 4 rings (SSSR count). The quantitative estimate of drug-likeness (QED) is 0.0914. The van der Waals surface area contributed by atoms with Crippen molar-refractivity contribution in [2.45, 2.75) is 105 Å². The normalized spacial score (nSPS) is 45.1. The number of likely N-dealkylation sites (N-methyl/N-ethyl adjacent to an activating group) is 1. The smallest absolute Gasteiger partial charge is 0.254 e. The Labute approximate surface area is 232 Å². The Hall–Kier alpha value is -2.12. The van der Waals surface area contributed by atoms with Gasteiger partial charge >= 0.3 is 0 Å². The van der Waals surface area contributed by atoms with Crippen molar-refractivity contribution in [2.24, 2.45) is 17.2 Å². The fraction of sp³-hybridized carbons (Fsp3) is 0.833. The summed E-state index contributed by atoms with van der Waals surface area (Å²) in [4.78, 5) is 13.1. The third-order valence-corrected chi connectivity index (χ3v) is 7.99. The molecule has 4 aliphatic rings. The van der Waals surface area contributed by atoms with Crippen molar-refractivity contribution < 1.29 is 44.2 Å². The van der Waals surface area contributed by atoms with Crippen molar-refractivity contribution >= 4 is 11.9 Å². The molecule has 0 aromatic heterocycles. The summed E-state index contributed by atoms with van der Waals surface area (Å²) in [5, 5.41) is 59.2. The molecule has 0 bridgehead atoms. The first kappa shape index (κ1) is 30.8. The molecule has 2 saturated carbocycles. The molecule has 40 heavy (non-hydrogen) atoms. The van der Waals surface area contributed by atoms with Crippen LogP contribution in [0.25, 0.3) is 0 Å². The van der Waals surface area contributed by atoms with Crippen LogP contribution < -0.4 is 33.2 Å². The zero-order valence-corrected chi connectivity index (χ0v) is 22.7. The molecule has 16 nitrogen and oxygen atoms in total. The highest BCUT2D eigenvalue weighted by molar-refractivity contribution is 5.91. The Balaban J connectivity index is 1.52. The first-order valence-corrected chi connectivity index (χ1v) is 13.4. The van der Waals surface area contributed by atoms with E-state index >= 15 is 0 Å². The highest BCUT2D eigenvalue weighted by atomic mass is 16.7. The number of nitrogens with one attached hydrogen (secondary N) is 4. The largest absolute Gasteiger partial charge is 0.468 e. The number of carbonyl (C=O) groups excluding carboxylic acids is 1. The van der Waals surface area contributed by atoms with Crippen molar-refractivity contribution in [2.75, 3.05) is 20.2 Å². The number of rotatable bonds is 9. The molecular weight excluding hydrogens is 530 g/mol. The van der Waals surface area contributed by atoms with Gasteiger partial charge in [0.1, 0.15) is 35.8 Å². The number of hydrogen-bond acceptors (Lipinski definition) is 13. The molecule has 0 spiro atoms. The Morgan fingerprint density at radius 2 is 1.95 bits per heavy atom. The van der Waals surface area contributed by atoms with Crippen molar-refractivity contribution in [3.05, 3.63) is 11.8 Å². The van der Waals surface area contributed by atoms with Gasteiger partial charge in [0.25, 0.3) is 5.91 Å². The Bertz CT molecular complexity index is 971. The molecule has 2 aliphatic heterocycles. The molecule has 0 aromatic rings. The molecule has 0 radical (unpaired) electrons. The third kappa shape index (κ3) is 6.35. The summed E-state index contributed by atoms with van der Waals surface area (Å²) < 4.78 is 23.5. The summed E-state index contributed by atoms with van der Waals surface area (Å²) in [5.74, 6) is -0.595. The lowest BCUT2D eigenvalue weighted by Gasteiger charge is -2.48.